The Hall–Kier alpha value is -2.04. The van der Waals surface area contributed by atoms with Gasteiger partial charge in [0.15, 0.2) is 0 Å². The Balaban J connectivity index is 1.80. The first-order valence-electron chi connectivity index (χ1n) is 8.41. The first-order valence-corrected chi connectivity index (χ1v) is 8.41. The van der Waals surface area contributed by atoms with E-state index >= 15 is 0 Å². The third-order valence-corrected chi connectivity index (χ3v) is 4.23. The number of hydrogen-bond acceptors (Lipinski definition) is 3. The Morgan fingerprint density at radius 1 is 1.09 bits per heavy atom. The van der Waals surface area contributed by atoms with Gasteiger partial charge in [0.1, 0.15) is 5.75 Å². The number of nitrogens with one attached hydrogen (secondary N) is 2. The molecule has 126 valence electrons. The van der Waals surface area contributed by atoms with Crippen LogP contribution in [0, 0.1) is 0 Å². The average molecular weight is 318 g/mol. The molecule has 23 heavy (non-hydrogen) atoms. The molecule has 1 aliphatic rings. The second-order valence-electron chi connectivity index (χ2n) is 5.99. The zero-order valence-corrected chi connectivity index (χ0v) is 13.8. The Morgan fingerprint density at radius 2 is 1.74 bits per heavy atom. The Kier molecular flexibility index (Phi) is 6.91. The molecule has 5 nitrogen and oxygen atoms in total. The van der Waals surface area contributed by atoms with Crippen molar-refractivity contribution in [2.75, 3.05) is 13.7 Å². The molecule has 0 spiro atoms. The van der Waals surface area contributed by atoms with E-state index in [9.17, 15) is 9.59 Å². The van der Waals surface area contributed by atoms with Gasteiger partial charge in [-0.3, -0.25) is 9.59 Å². The number of carbonyl (C=O) groups is 2. The molecule has 1 aromatic rings. The lowest BCUT2D eigenvalue weighted by Crippen LogP contribution is -2.42. The predicted octanol–water partition coefficient (Wildman–Crippen LogP) is 2.65. The van der Waals surface area contributed by atoms with Gasteiger partial charge in [0, 0.05) is 6.04 Å². The fourth-order valence-electron chi connectivity index (χ4n) is 2.97. The fourth-order valence-corrected chi connectivity index (χ4v) is 2.97. The van der Waals surface area contributed by atoms with Crippen LogP contribution in [0.3, 0.4) is 0 Å². The molecule has 2 rings (SSSR count). The second-order valence-corrected chi connectivity index (χ2v) is 5.99. The maximum absolute atomic E-state index is 12.2. The van der Waals surface area contributed by atoms with Crippen LogP contribution in [0.25, 0.3) is 0 Å². The van der Waals surface area contributed by atoms with Crippen molar-refractivity contribution in [3.8, 4) is 5.75 Å². The van der Waals surface area contributed by atoms with E-state index in [1.807, 2.05) is 0 Å². The van der Waals surface area contributed by atoms with E-state index < -0.39 is 0 Å². The van der Waals surface area contributed by atoms with Gasteiger partial charge in [0.05, 0.1) is 19.2 Å². The largest absolute Gasteiger partial charge is 0.496 e. The van der Waals surface area contributed by atoms with Gasteiger partial charge >= 0.3 is 0 Å². The van der Waals surface area contributed by atoms with E-state index in [1.54, 1.807) is 24.3 Å². The number of benzene rings is 1. The summed E-state index contributed by atoms with van der Waals surface area (Å²) in [6, 6.07) is 7.22. The van der Waals surface area contributed by atoms with E-state index in [-0.39, 0.29) is 24.4 Å². The number of hydrogen-bond donors (Lipinski definition) is 2. The summed E-state index contributed by atoms with van der Waals surface area (Å²) < 4.78 is 5.16. The van der Waals surface area contributed by atoms with E-state index in [1.165, 1.54) is 39.2 Å². The molecule has 2 amide bonds. The van der Waals surface area contributed by atoms with Crippen molar-refractivity contribution < 1.29 is 14.3 Å². The highest BCUT2D eigenvalue weighted by atomic mass is 16.5. The first kappa shape index (κ1) is 17.3. The fraction of sp³-hybridized carbons (Fsp3) is 0.556. The first-order chi connectivity index (χ1) is 11.2. The molecule has 1 aromatic carbocycles. The van der Waals surface area contributed by atoms with Gasteiger partial charge in [-0.05, 0) is 25.0 Å². The van der Waals surface area contributed by atoms with Gasteiger partial charge < -0.3 is 15.4 Å². The van der Waals surface area contributed by atoms with Crippen LogP contribution in [0.15, 0.2) is 24.3 Å². The minimum Gasteiger partial charge on any atom is -0.496 e. The van der Waals surface area contributed by atoms with Gasteiger partial charge in [-0.15, -0.1) is 0 Å². The zero-order chi connectivity index (χ0) is 16.5. The number of methoxy groups -OCH3 is 1. The summed E-state index contributed by atoms with van der Waals surface area (Å²) in [7, 11) is 1.52. The quantitative estimate of drug-likeness (QED) is 0.877. The number of rotatable bonds is 5. The van der Waals surface area contributed by atoms with E-state index in [4.69, 9.17) is 4.74 Å². The standard InChI is InChI=1S/C18H26N2O3/c1-23-16-12-8-7-11-15(16)18(22)19-13-17(21)20-14-9-5-3-2-4-6-10-14/h7-8,11-12,14H,2-6,9-10,13H2,1H3,(H,19,22)(H,20,21). The molecule has 1 saturated carbocycles. The van der Waals surface area contributed by atoms with Crippen LogP contribution in [0.2, 0.25) is 0 Å². The van der Waals surface area contributed by atoms with Gasteiger partial charge in [-0.25, -0.2) is 0 Å². The number of carbonyl (C=O) groups excluding carboxylic acids is 2. The topological polar surface area (TPSA) is 67.4 Å². The molecular formula is C18H26N2O3. The summed E-state index contributed by atoms with van der Waals surface area (Å²) in [5.41, 5.74) is 0.439. The lowest BCUT2D eigenvalue weighted by molar-refractivity contribution is -0.120. The Labute approximate surface area is 137 Å². The predicted molar refractivity (Wildman–Crippen MR) is 89.6 cm³/mol. The summed E-state index contributed by atoms with van der Waals surface area (Å²) >= 11 is 0. The van der Waals surface area contributed by atoms with Crippen molar-refractivity contribution in [1.82, 2.24) is 10.6 Å². The molecule has 0 saturated heterocycles. The molecule has 0 unspecified atom stereocenters. The highest BCUT2D eigenvalue weighted by Gasteiger charge is 2.16. The van der Waals surface area contributed by atoms with Crippen LogP contribution in [0.1, 0.15) is 55.3 Å². The maximum atomic E-state index is 12.2. The van der Waals surface area contributed by atoms with Gasteiger partial charge in [-0.2, -0.15) is 0 Å². The smallest absolute Gasteiger partial charge is 0.255 e. The summed E-state index contributed by atoms with van der Waals surface area (Å²) in [6.07, 6.45) is 8.19. The van der Waals surface area contributed by atoms with Crippen LogP contribution in [-0.2, 0) is 4.79 Å². The minimum atomic E-state index is -0.296. The van der Waals surface area contributed by atoms with Gasteiger partial charge in [-0.1, -0.05) is 44.2 Å². The highest BCUT2D eigenvalue weighted by molar-refractivity contribution is 5.98. The summed E-state index contributed by atoms with van der Waals surface area (Å²) in [5, 5.41) is 5.70. The summed E-state index contributed by atoms with van der Waals surface area (Å²) in [5.74, 6) is 0.0829. The van der Waals surface area contributed by atoms with Crippen molar-refractivity contribution in [2.24, 2.45) is 0 Å². The van der Waals surface area contributed by atoms with Crippen LogP contribution in [0.4, 0.5) is 0 Å². The Morgan fingerprint density at radius 3 is 2.43 bits per heavy atom. The molecule has 2 N–H and O–H groups in total. The van der Waals surface area contributed by atoms with Crippen molar-refractivity contribution in [3.63, 3.8) is 0 Å². The molecule has 1 fully saturated rings. The summed E-state index contributed by atoms with van der Waals surface area (Å²) in [4.78, 5) is 24.2. The molecule has 0 aromatic heterocycles. The van der Waals surface area contributed by atoms with Gasteiger partial charge in [0.2, 0.25) is 5.91 Å². The monoisotopic (exact) mass is 318 g/mol. The van der Waals surface area contributed by atoms with Crippen LogP contribution in [-0.4, -0.2) is 31.5 Å². The van der Waals surface area contributed by atoms with E-state index in [2.05, 4.69) is 10.6 Å². The van der Waals surface area contributed by atoms with Crippen molar-refractivity contribution in [3.05, 3.63) is 29.8 Å². The lowest BCUT2D eigenvalue weighted by Gasteiger charge is -2.21. The molecular weight excluding hydrogens is 292 g/mol. The van der Waals surface area contributed by atoms with E-state index in [0.717, 1.165) is 12.8 Å². The Bertz CT molecular complexity index is 523. The number of amides is 2. The average Bonchev–Trinajstić information content (AvgIpc) is 2.55. The second kappa shape index (κ2) is 9.18. The van der Waals surface area contributed by atoms with E-state index in [0.29, 0.717) is 11.3 Å². The number of ether oxygens (including phenoxy) is 1. The lowest BCUT2D eigenvalue weighted by atomic mass is 9.97. The van der Waals surface area contributed by atoms with Crippen molar-refractivity contribution in [1.29, 1.82) is 0 Å². The normalized spacial score (nSPS) is 16.0. The molecule has 0 aliphatic heterocycles. The van der Waals surface area contributed by atoms with Crippen molar-refractivity contribution in [2.45, 2.75) is 51.0 Å². The molecule has 5 heteroatoms. The van der Waals surface area contributed by atoms with Crippen LogP contribution in [0.5, 0.6) is 5.75 Å². The van der Waals surface area contributed by atoms with Crippen molar-refractivity contribution >= 4 is 11.8 Å². The third kappa shape index (κ3) is 5.58. The molecule has 1 aliphatic carbocycles. The van der Waals surface area contributed by atoms with Crippen LogP contribution < -0.4 is 15.4 Å². The molecule has 0 heterocycles. The highest BCUT2D eigenvalue weighted by Crippen LogP contribution is 2.17. The molecule has 0 bridgehead atoms. The minimum absolute atomic E-state index is 0.00657. The SMILES string of the molecule is COc1ccccc1C(=O)NCC(=O)NC1CCCCCCC1. The third-order valence-electron chi connectivity index (χ3n) is 4.23. The molecule has 0 radical (unpaired) electrons. The van der Waals surface area contributed by atoms with Gasteiger partial charge in [0.25, 0.3) is 5.91 Å². The van der Waals surface area contributed by atoms with Crippen LogP contribution >= 0.6 is 0 Å². The zero-order valence-electron chi connectivity index (χ0n) is 13.8. The summed E-state index contributed by atoms with van der Waals surface area (Å²) in [6.45, 7) is -0.00657. The number of para-hydroxylation sites is 1. The molecule has 0 atom stereocenters. The maximum Gasteiger partial charge on any atom is 0.255 e.